The van der Waals surface area contributed by atoms with Gasteiger partial charge in [-0.1, -0.05) is 23.2 Å². The monoisotopic (exact) mass is 261 g/mol. The first-order valence-electron chi connectivity index (χ1n) is 4.34. The van der Waals surface area contributed by atoms with Crippen LogP contribution in [0.4, 0.5) is 0 Å². The maximum Gasteiger partial charge on any atom is 0.253 e. The van der Waals surface area contributed by atoms with E-state index >= 15 is 0 Å². The summed E-state index contributed by atoms with van der Waals surface area (Å²) in [6.45, 7) is 0. The van der Waals surface area contributed by atoms with Crippen molar-refractivity contribution in [1.82, 2.24) is 10.3 Å². The van der Waals surface area contributed by atoms with Gasteiger partial charge in [-0.2, -0.15) is 0 Å². The van der Waals surface area contributed by atoms with E-state index in [1.54, 1.807) is 13.1 Å². The van der Waals surface area contributed by atoms with E-state index in [9.17, 15) is 10.1 Å². The largest absolute Gasteiger partial charge is 0.386 e. The molecule has 1 rings (SSSR count). The van der Waals surface area contributed by atoms with Gasteiger partial charge in [-0.25, -0.2) is 4.98 Å². The van der Waals surface area contributed by atoms with Crippen molar-refractivity contribution in [2.24, 2.45) is 0 Å². The second kappa shape index (κ2) is 5.67. The van der Waals surface area contributed by atoms with Crippen LogP contribution in [-0.2, 0) is 6.42 Å². The van der Waals surface area contributed by atoms with Crippen LogP contribution >= 0.6 is 23.2 Å². The lowest BCUT2D eigenvalue weighted by Gasteiger charge is -2.04. The Kier molecular flexibility index (Phi) is 4.52. The van der Waals surface area contributed by atoms with E-state index in [1.165, 1.54) is 6.20 Å². The molecule has 0 amide bonds. The van der Waals surface area contributed by atoms with Crippen LogP contribution in [-0.4, -0.2) is 17.0 Å². The van der Waals surface area contributed by atoms with Crippen molar-refractivity contribution in [3.05, 3.63) is 50.0 Å². The van der Waals surface area contributed by atoms with Crippen molar-refractivity contribution < 1.29 is 4.92 Å². The maximum atomic E-state index is 10.3. The average Bonchev–Trinajstić information content (AvgIpc) is 2.22. The van der Waals surface area contributed by atoms with E-state index in [1.807, 2.05) is 0 Å². The van der Waals surface area contributed by atoms with Gasteiger partial charge < -0.3 is 5.32 Å². The molecule has 1 heterocycles. The second-order valence-corrected chi connectivity index (χ2v) is 3.75. The maximum absolute atomic E-state index is 10.3. The quantitative estimate of drug-likeness (QED) is 0.513. The highest BCUT2D eigenvalue weighted by molar-refractivity contribution is 6.41. The van der Waals surface area contributed by atoms with Crippen molar-refractivity contribution in [3.8, 4) is 0 Å². The van der Waals surface area contributed by atoms with Crippen LogP contribution in [0.5, 0.6) is 0 Å². The normalized spacial score (nSPS) is 11.3. The number of nitrogens with one attached hydrogen (secondary N) is 1. The van der Waals surface area contributed by atoms with E-state index in [0.29, 0.717) is 17.1 Å². The van der Waals surface area contributed by atoms with Crippen molar-refractivity contribution in [3.63, 3.8) is 0 Å². The van der Waals surface area contributed by atoms with Crippen LogP contribution in [0.3, 0.4) is 0 Å². The minimum Gasteiger partial charge on any atom is -0.386 e. The van der Waals surface area contributed by atoms with Gasteiger partial charge in [0.25, 0.3) is 6.20 Å². The molecule has 0 spiro atoms. The highest BCUT2D eigenvalue weighted by Crippen LogP contribution is 2.20. The molecule has 0 aliphatic rings. The van der Waals surface area contributed by atoms with Gasteiger partial charge in [-0.3, -0.25) is 10.1 Å². The van der Waals surface area contributed by atoms with E-state index in [0.717, 1.165) is 11.8 Å². The first kappa shape index (κ1) is 12.7. The lowest BCUT2D eigenvalue weighted by molar-refractivity contribution is -0.403. The molecule has 0 aromatic carbocycles. The Balaban J connectivity index is 2.86. The lowest BCUT2D eigenvalue weighted by Crippen LogP contribution is -2.10. The number of likely N-dealkylation sites (N-methyl/N-ethyl adjacent to an activating group) is 1. The Hall–Kier alpha value is -1.33. The average molecular weight is 262 g/mol. The summed E-state index contributed by atoms with van der Waals surface area (Å²) in [6, 6.07) is 1.63. The van der Waals surface area contributed by atoms with E-state index < -0.39 is 4.92 Å². The Labute approximate surface area is 102 Å². The summed E-state index contributed by atoms with van der Waals surface area (Å²) in [5, 5.41) is 13.6. The third-order valence-electron chi connectivity index (χ3n) is 1.83. The predicted octanol–water partition coefficient (Wildman–Crippen LogP) is 2.27. The molecule has 0 fully saturated rings. The van der Waals surface area contributed by atoms with Gasteiger partial charge >= 0.3 is 0 Å². The van der Waals surface area contributed by atoms with Crippen molar-refractivity contribution in [1.29, 1.82) is 0 Å². The van der Waals surface area contributed by atoms with Crippen LogP contribution < -0.4 is 5.32 Å². The number of nitrogens with zero attached hydrogens (tertiary/aromatic N) is 2. The predicted molar refractivity (Wildman–Crippen MR) is 62.1 cm³/mol. The molecule has 7 heteroatoms. The van der Waals surface area contributed by atoms with Gasteiger partial charge in [-0.05, 0) is 11.6 Å². The molecule has 5 nitrogen and oxygen atoms in total. The molecule has 0 bridgehead atoms. The molecule has 0 aliphatic heterocycles. The Morgan fingerprint density at radius 2 is 2.38 bits per heavy atom. The Morgan fingerprint density at radius 1 is 1.69 bits per heavy atom. The third-order valence-corrected chi connectivity index (χ3v) is 2.52. The van der Waals surface area contributed by atoms with Crippen molar-refractivity contribution in [2.75, 3.05) is 7.05 Å². The molecule has 1 aromatic heterocycles. The van der Waals surface area contributed by atoms with Gasteiger partial charge in [-0.15, -0.1) is 0 Å². The minimum absolute atomic E-state index is 0.217. The van der Waals surface area contributed by atoms with E-state index in [-0.39, 0.29) is 5.15 Å². The lowest BCUT2D eigenvalue weighted by atomic mass is 10.2. The molecule has 16 heavy (non-hydrogen) atoms. The first-order chi connectivity index (χ1) is 7.52. The molecule has 1 N–H and O–H groups in total. The molecule has 86 valence electrons. The molecule has 0 radical (unpaired) electrons. The molecular weight excluding hydrogens is 253 g/mol. The molecule has 0 saturated carbocycles. The Bertz CT molecular complexity index is 435. The second-order valence-electron chi connectivity index (χ2n) is 2.98. The van der Waals surface area contributed by atoms with Crippen LogP contribution in [0.1, 0.15) is 5.56 Å². The van der Waals surface area contributed by atoms with Gasteiger partial charge in [0.1, 0.15) is 5.15 Å². The summed E-state index contributed by atoms with van der Waals surface area (Å²) in [5.41, 5.74) is 1.21. The zero-order valence-corrected chi connectivity index (χ0v) is 9.92. The number of rotatable bonds is 4. The molecule has 0 unspecified atom stereocenters. The van der Waals surface area contributed by atoms with Crippen LogP contribution in [0.25, 0.3) is 0 Å². The molecule has 0 aliphatic carbocycles. The molecule has 1 aromatic rings. The van der Waals surface area contributed by atoms with Crippen LogP contribution in [0, 0.1) is 10.1 Å². The zero-order chi connectivity index (χ0) is 12.1. The number of allylic oxidation sites excluding steroid dienone is 1. The number of halogens is 2. The molecule has 0 atom stereocenters. The fraction of sp³-hybridized carbons (Fsp3) is 0.222. The highest BCUT2D eigenvalue weighted by atomic mass is 35.5. The van der Waals surface area contributed by atoms with E-state index in [2.05, 4.69) is 10.3 Å². The fourth-order valence-electron chi connectivity index (χ4n) is 1.10. The summed E-state index contributed by atoms with van der Waals surface area (Å²) in [7, 11) is 1.61. The fourth-order valence-corrected chi connectivity index (χ4v) is 1.40. The number of pyridine rings is 1. The highest BCUT2D eigenvalue weighted by Gasteiger charge is 2.05. The van der Waals surface area contributed by atoms with Crippen molar-refractivity contribution in [2.45, 2.75) is 6.42 Å². The van der Waals surface area contributed by atoms with E-state index in [4.69, 9.17) is 23.2 Å². The third kappa shape index (κ3) is 3.67. The first-order valence-corrected chi connectivity index (χ1v) is 5.10. The summed E-state index contributed by atoms with van der Waals surface area (Å²) in [4.78, 5) is 13.6. The van der Waals surface area contributed by atoms with Crippen LogP contribution in [0.15, 0.2) is 24.2 Å². The summed E-state index contributed by atoms with van der Waals surface area (Å²) < 4.78 is 0. The number of hydrogen-bond acceptors (Lipinski definition) is 4. The van der Waals surface area contributed by atoms with Gasteiger partial charge in [0.15, 0.2) is 0 Å². The van der Waals surface area contributed by atoms with Crippen molar-refractivity contribution >= 4 is 23.2 Å². The standard InChI is InChI=1S/C9H9Cl2N3O2/c1-12-7(5-14(15)16)2-6-3-8(10)9(11)13-4-6/h3-5,12H,2H2,1H3. The van der Waals surface area contributed by atoms with Crippen LogP contribution in [0.2, 0.25) is 10.2 Å². The Morgan fingerprint density at radius 3 is 2.88 bits per heavy atom. The smallest absolute Gasteiger partial charge is 0.253 e. The molecular formula is C9H9Cl2N3O2. The SMILES string of the molecule is CNC(=C[N+](=O)[O-])Cc1cnc(Cl)c(Cl)c1. The number of nitro groups is 1. The van der Waals surface area contributed by atoms with Gasteiger partial charge in [0.05, 0.1) is 15.6 Å². The minimum atomic E-state index is -0.517. The molecule has 0 saturated heterocycles. The summed E-state index contributed by atoms with van der Waals surface area (Å²) >= 11 is 11.4. The number of aromatic nitrogens is 1. The topological polar surface area (TPSA) is 68.1 Å². The van der Waals surface area contributed by atoms with Gasteiger partial charge in [0.2, 0.25) is 0 Å². The summed E-state index contributed by atoms with van der Waals surface area (Å²) in [6.07, 6.45) is 2.78. The van der Waals surface area contributed by atoms with Gasteiger partial charge in [0, 0.05) is 19.7 Å². The summed E-state index contributed by atoms with van der Waals surface area (Å²) in [5.74, 6) is 0. The number of hydrogen-bond donors (Lipinski definition) is 1. The zero-order valence-electron chi connectivity index (χ0n) is 8.41.